The molecule has 0 aliphatic carbocycles. The predicted octanol–water partition coefficient (Wildman–Crippen LogP) is 5.49. The van der Waals surface area contributed by atoms with Crippen molar-refractivity contribution < 1.29 is 9.13 Å². The summed E-state index contributed by atoms with van der Waals surface area (Å²) in [4.78, 5) is 0. The third kappa shape index (κ3) is 3.48. The Balaban J connectivity index is 0.000000861. The van der Waals surface area contributed by atoms with E-state index in [1.54, 1.807) is 37.4 Å². The van der Waals surface area contributed by atoms with Crippen molar-refractivity contribution >= 4 is 11.6 Å². The quantitative estimate of drug-likeness (QED) is 0.707. The molecule has 0 fully saturated rings. The van der Waals surface area contributed by atoms with Crippen molar-refractivity contribution in [1.29, 1.82) is 0 Å². The van der Waals surface area contributed by atoms with Crippen LogP contribution in [-0.4, -0.2) is 7.11 Å². The summed E-state index contributed by atoms with van der Waals surface area (Å²) in [6, 6.07) is 10.1. The van der Waals surface area contributed by atoms with Crippen LogP contribution in [0.1, 0.15) is 19.4 Å². The van der Waals surface area contributed by atoms with Gasteiger partial charge in [-0.1, -0.05) is 43.6 Å². The highest BCUT2D eigenvalue weighted by molar-refractivity contribution is 6.33. The average Bonchev–Trinajstić information content (AvgIpc) is 2.42. The van der Waals surface area contributed by atoms with Gasteiger partial charge in [-0.25, -0.2) is 4.39 Å². The molecule has 0 saturated heterocycles. The second-order valence-corrected chi connectivity index (χ2v) is 4.19. The third-order valence-electron chi connectivity index (χ3n) is 2.65. The highest BCUT2D eigenvalue weighted by Crippen LogP contribution is 2.34. The highest BCUT2D eigenvalue weighted by Gasteiger charge is 2.11. The van der Waals surface area contributed by atoms with E-state index in [1.807, 2.05) is 20.8 Å². The number of rotatable bonds is 2. The van der Waals surface area contributed by atoms with Gasteiger partial charge in [0.25, 0.3) is 0 Å². The van der Waals surface area contributed by atoms with Crippen molar-refractivity contribution in [2.45, 2.75) is 20.8 Å². The zero-order chi connectivity index (χ0) is 14.4. The molecule has 2 rings (SSSR count). The van der Waals surface area contributed by atoms with E-state index in [0.717, 1.165) is 5.56 Å². The first kappa shape index (κ1) is 15.5. The van der Waals surface area contributed by atoms with E-state index in [9.17, 15) is 4.39 Å². The minimum Gasteiger partial charge on any atom is -0.496 e. The second kappa shape index (κ2) is 7.15. The molecule has 19 heavy (non-hydrogen) atoms. The molecule has 0 unspecified atom stereocenters. The Hall–Kier alpha value is -1.54. The van der Waals surface area contributed by atoms with Crippen molar-refractivity contribution in [2.24, 2.45) is 0 Å². The fourth-order valence-corrected chi connectivity index (χ4v) is 2.08. The Morgan fingerprint density at radius 1 is 1.05 bits per heavy atom. The van der Waals surface area contributed by atoms with Crippen LogP contribution in [0.5, 0.6) is 5.75 Å². The number of ether oxygens (including phenoxy) is 1. The van der Waals surface area contributed by atoms with Gasteiger partial charge in [0.1, 0.15) is 11.6 Å². The van der Waals surface area contributed by atoms with Gasteiger partial charge < -0.3 is 4.74 Å². The molecule has 0 aliphatic heterocycles. The maximum atomic E-state index is 13.7. The number of hydrogen-bond acceptors (Lipinski definition) is 1. The summed E-state index contributed by atoms with van der Waals surface area (Å²) in [5, 5.41) is 0.522. The lowest BCUT2D eigenvalue weighted by atomic mass is 10.0. The summed E-state index contributed by atoms with van der Waals surface area (Å²) >= 11 is 6.14. The summed E-state index contributed by atoms with van der Waals surface area (Å²) in [6.45, 7) is 5.90. The Morgan fingerprint density at radius 2 is 1.68 bits per heavy atom. The standard InChI is InChI=1S/C14H12ClFO.C2H6/c1-9-7-12(15)11(8-14(9)17-2)10-5-3-4-6-13(10)16;1-2/h3-8H,1-2H3;1-2H3. The van der Waals surface area contributed by atoms with Crippen LogP contribution in [0.3, 0.4) is 0 Å². The molecule has 1 nitrogen and oxygen atoms in total. The van der Waals surface area contributed by atoms with Gasteiger partial charge in [-0.05, 0) is 30.7 Å². The molecule has 0 N–H and O–H groups in total. The summed E-state index contributed by atoms with van der Waals surface area (Å²) in [5.74, 6) is 0.410. The van der Waals surface area contributed by atoms with E-state index in [0.29, 0.717) is 21.9 Å². The maximum absolute atomic E-state index is 13.7. The molecular weight excluding hydrogens is 263 g/mol. The second-order valence-electron chi connectivity index (χ2n) is 3.78. The summed E-state index contributed by atoms with van der Waals surface area (Å²) in [7, 11) is 1.58. The summed E-state index contributed by atoms with van der Waals surface area (Å²) < 4.78 is 18.9. The SMILES string of the molecule is CC.COc1cc(-c2ccccc2F)c(Cl)cc1C. The molecule has 0 saturated carbocycles. The predicted molar refractivity (Wildman–Crippen MR) is 79.5 cm³/mol. The van der Waals surface area contributed by atoms with Gasteiger partial charge in [0.15, 0.2) is 0 Å². The van der Waals surface area contributed by atoms with Crippen molar-refractivity contribution in [2.75, 3.05) is 7.11 Å². The number of aryl methyl sites for hydroxylation is 1. The van der Waals surface area contributed by atoms with E-state index in [4.69, 9.17) is 16.3 Å². The topological polar surface area (TPSA) is 9.23 Å². The monoisotopic (exact) mass is 280 g/mol. The lowest BCUT2D eigenvalue weighted by Gasteiger charge is -2.11. The van der Waals surface area contributed by atoms with Crippen LogP contribution in [0.25, 0.3) is 11.1 Å². The maximum Gasteiger partial charge on any atom is 0.131 e. The summed E-state index contributed by atoms with van der Waals surface area (Å²) in [6.07, 6.45) is 0. The van der Waals surface area contributed by atoms with Gasteiger partial charge >= 0.3 is 0 Å². The summed E-state index contributed by atoms with van der Waals surface area (Å²) in [5.41, 5.74) is 2.06. The molecular formula is C16H18ClFO. The molecule has 0 spiro atoms. The van der Waals surface area contributed by atoms with Gasteiger partial charge in [0.2, 0.25) is 0 Å². The molecule has 0 heterocycles. The van der Waals surface area contributed by atoms with Crippen LogP contribution in [-0.2, 0) is 0 Å². The molecule has 0 amide bonds. The number of hydrogen-bond donors (Lipinski definition) is 0. The minimum atomic E-state index is -0.291. The Morgan fingerprint density at radius 3 is 2.26 bits per heavy atom. The molecule has 2 aromatic carbocycles. The van der Waals surface area contributed by atoms with Crippen molar-refractivity contribution in [3.63, 3.8) is 0 Å². The molecule has 0 bridgehead atoms. The van der Waals surface area contributed by atoms with Gasteiger partial charge in [0.05, 0.1) is 7.11 Å². The first-order chi connectivity index (χ1) is 9.13. The van der Waals surface area contributed by atoms with E-state index in [-0.39, 0.29) is 5.82 Å². The first-order valence-electron chi connectivity index (χ1n) is 6.22. The molecule has 0 atom stereocenters. The van der Waals surface area contributed by atoms with Gasteiger partial charge in [0, 0.05) is 16.1 Å². The highest BCUT2D eigenvalue weighted by atomic mass is 35.5. The third-order valence-corrected chi connectivity index (χ3v) is 2.96. The zero-order valence-electron chi connectivity index (χ0n) is 11.6. The number of halogens is 2. The van der Waals surface area contributed by atoms with Crippen LogP contribution >= 0.6 is 11.6 Å². The largest absolute Gasteiger partial charge is 0.496 e. The van der Waals surface area contributed by atoms with Crippen LogP contribution in [0.2, 0.25) is 5.02 Å². The van der Waals surface area contributed by atoms with Crippen LogP contribution in [0.15, 0.2) is 36.4 Å². The fourth-order valence-electron chi connectivity index (χ4n) is 1.76. The lowest BCUT2D eigenvalue weighted by molar-refractivity contribution is 0.412. The Labute approximate surface area is 119 Å². The Kier molecular flexibility index (Phi) is 5.84. The normalized spacial score (nSPS) is 9.58. The van der Waals surface area contributed by atoms with E-state index in [2.05, 4.69) is 0 Å². The van der Waals surface area contributed by atoms with E-state index in [1.165, 1.54) is 6.07 Å². The van der Waals surface area contributed by atoms with Crippen molar-refractivity contribution in [3.05, 3.63) is 52.8 Å². The zero-order valence-corrected chi connectivity index (χ0v) is 12.4. The minimum absolute atomic E-state index is 0.291. The van der Waals surface area contributed by atoms with Gasteiger partial charge in [-0.2, -0.15) is 0 Å². The molecule has 0 aliphatic rings. The first-order valence-corrected chi connectivity index (χ1v) is 6.60. The number of methoxy groups -OCH3 is 1. The fraction of sp³-hybridized carbons (Fsp3) is 0.250. The van der Waals surface area contributed by atoms with Crippen LogP contribution < -0.4 is 4.74 Å². The van der Waals surface area contributed by atoms with E-state index >= 15 is 0 Å². The van der Waals surface area contributed by atoms with Gasteiger partial charge in [-0.3, -0.25) is 0 Å². The van der Waals surface area contributed by atoms with Crippen molar-refractivity contribution in [1.82, 2.24) is 0 Å². The lowest BCUT2D eigenvalue weighted by Crippen LogP contribution is -1.91. The van der Waals surface area contributed by atoms with Crippen LogP contribution in [0.4, 0.5) is 4.39 Å². The average molecular weight is 281 g/mol. The smallest absolute Gasteiger partial charge is 0.131 e. The van der Waals surface area contributed by atoms with Crippen molar-refractivity contribution in [3.8, 4) is 16.9 Å². The molecule has 3 heteroatoms. The van der Waals surface area contributed by atoms with E-state index < -0.39 is 0 Å². The Bertz CT molecular complexity index is 552. The van der Waals surface area contributed by atoms with Gasteiger partial charge in [-0.15, -0.1) is 0 Å². The number of benzene rings is 2. The molecule has 102 valence electrons. The van der Waals surface area contributed by atoms with Crippen LogP contribution in [0, 0.1) is 12.7 Å². The molecule has 0 aromatic heterocycles. The molecule has 0 radical (unpaired) electrons. The molecule has 2 aromatic rings.